The molecule has 0 N–H and O–H groups in total. The molecule has 2 bridgehead atoms. The Morgan fingerprint density at radius 1 is 0.839 bits per heavy atom. The van der Waals surface area contributed by atoms with Gasteiger partial charge in [0, 0.05) is 25.7 Å². The van der Waals surface area contributed by atoms with Crippen molar-refractivity contribution in [1.82, 2.24) is 0 Å². The van der Waals surface area contributed by atoms with Crippen molar-refractivity contribution in [3.8, 4) is 6.07 Å². The highest BCUT2D eigenvalue weighted by molar-refractivity contribution is 8.13. The molecule has 0 radical (unpaired) electrons. The van der Waals surface area contributed by atoms with Crippen LogP contribution in [0.3, 0.4) is 0 Å². The largest absolute Gasteiger partial charge is 0.480 e. The van der Waals surface area contributed by atoms with Gasteiger partial charge in [0.25, 0.3) is 0 Å². The van der Waals surface area contributed by atoms with Crippen molar-refractivity contribution < 1.29 is 47.7 Å². The van der Waals surface area contributed by atoms with Crippen molar-refractivity contribution in [1.29, 1.82) is 5.26 Å². The zero-order valence-corrected chi connectivity index (χ0v) is 18.2. The number of hydrogen-bond donors (Lipinski definition) is 0. The summed E-state index contributed by atoms with van der Waals surface area (Å²) in [5.74, 6) is 0. The predicted octanol–water partition coefficient (Wildman–Crippen LogP) is 4.04. The number of halogens is 6. The van der Waals surface area contributed by atoms with E-state index in [2.05, 4.69) is 13.1 Å². The lowest BCUT2D eigenvalue weighted by Gasteiger charge is -2.47. The zero-order valence-electron chi connectivity index (χ0n) is 16.6. The minimum Gasteiger partial charge on any atom is -0.421 e. The van der Waals surface area contributed by atoms with E-state index in [4.69, 9.17) is 0 Å². The van der Waals surface area contributed by atoms with Gasteiger partial charge in [-0.1, -0.05) is 6.42 Å². The van der Waals surface area contributed by atoms with Gasteiger partial charge in [0.05, 0.1) is 19.1 Å². The molecule has 2 aliphatic heterocycles. The van der Waals surface area contributed by atoms with Crippen LogP contribution >= 0.6 is 0 Å². The lowest BCUT2D eigenvalue weighted by atomic mass is 9.86. The fraction of sp³-hybridized carbons (Fsp3) is 0.938. The van der Waals surface area contributed by atoms with Crippen molar-refractivity contribution in [2.24, 2.45) is 0 Å². The first kappa shape index (κ1) is 26.1. The van der Waals surface area contributed by atoms with E-state index in [1.807, 2.05) is 0 Å². The lowest BCUT2D eigenvalue weighted by molar-refractivity contribution is -0.970. The Balaban J connectivity index is 0.000000221. The third kappa shape index (κ3) is 4.67. The third-order valence-electron chi connectivity index (χ3n) is 6.79. The molecule has 0 aromatic carbocycles. The Morgan fingerprint density at radius 3 is 1.58 bits per heavy atom. The van der Waals surface area contributed by atoms with Crippen LogP contribution in [0.2, 0.25) is 0 Å². The lowest BCUT2D eigenvalue weighted by Crippen LogP contribution is -2.62. The molecule has 0 spiro atoms. The van der Waals surface area contributed by atoms with E-state index in [1.165, 1.54) is 57.8 Å². The normalized spacial score (nSPS) is 32.3. The maximum Gasteiger partial charge on any atom is 0.480 e. The smallest absolute Gasteiger partial charge is 0.421 e. The Bertz CT molecular complexity index is 870. The molecule has 3 aliphatic rings. The van der Waals surface area contributed by atoms with Gasteiger partial charge < -0.3 is 8.61 Å². The molecule has 31 heavy (non-hydrogen) atoms. The number of nitriles is 1. The van der Waals surface area contributed by atoms with Crippen LogP contribution in [-0.2, 0) is 20.0 Å². The quantitative estimate of drug-likeness (QED) is 0.430. The first-order chi connectivity index (χ1) is 13.9. The molecular weight excluding hydrogens is 476 g/mol. The highest BCUT2D eigenvalue weighted by Crippen LogP contribution is 2.54. The van der Waals surface area contributed by atoms with Crippen LogP contribution in [0.4, 0.5) is 26.3 Å². The van der Waals surface area contributed by atoms with Crippen molar-refractivity contribution in [3.63, 3.8) is 0 Å². The highest BCUT2D eigenvalue weighted by atomic mass is 32.3. The molecule has 15 heteroatoms. The molecule has 0 amide bonds. The molecule has 1 saturated carbocycles. The number of nitrogens with zero attached hydrogens (tertiary/aromatic N) is 3. The summed E-state index contributed by atoms with van der Waals surface area (Å²) >= 11 is 0. The third-order valence-corrected chi connectivity index (χ3v) is 9.53. The highest BCUT2D eigenvalue weighted by Gasteiger charge is 2.65. The average molecular weight is 499 g/mol. The zero-order chi connectivity index (χ0) is 23.9. The van der Waals surface area contributed by atoms with Gasteiger partial charge in [-0.05, 0) is 25.7 Å². The minimum atomic E-state index is -6.72. The second kappa shape index (κ2) is 8.35. The predicted molar refractivity (Wildman–Crippen MR) is 97.0 cm³/mol. The summed E-state index contributed by atoms with van der Waals surface area (Å²) in [7, 11) is -11.0. The second-order valence-corrected chi connectivity index (χ2v) is 11.7. The van der Waals surface area contributed by atoms with Crippen molar-refractivity contribution in [3.05, 3.63) is 4.13 Å². The fourth-order valence-electron chi connectivity index (χ4n) is 5.15. The standard InChI is InChI=1S/C14H23N2.C2F6NO4S2/c1-16(12-5-3-2-4-6-12)13-7-9-14(16,11-15)10-8-13;3-1(4,5)14(10,11)9-15(12,13)2(6,7)8/h12-13H,2-10H2,1H3;/q+1;-1. The van der Waals surface area contributed by atoms with E-state index in [0.717, 1.165) is 20.7 Å². The van der Waals surface area contributed by atoms with E-state index >= 15 is 0 Å². The molecule has 3 fully saturated rings. The molecular formula is C16H23F6N3O4S2. The van der Waals surface area contributed by atoms with Crippen LogP contribution in [0, 0.1) is 11.3 Å². The number of alkyl halides is 6. The van der Waals surface area contributed by atoms with E-state index in [0.29, 0.717) is 0 Å². The first-order valence-corrected chi connectivity index (χ1v) is 12.5. The Hall–Kier alpha value is -1.11. The van der Waals surface area contributed by atoms with Gasteiger partial charge in [0.2, 0.25) is 0 Å². The number of fused-ring (bicyclic) bond motifs is 2. The van der Waals surface area contributed by atoms with Crippen molar-refractivity contribution in [2.45, 2.75) is 86.4 Å². The van der Waals surface area contributed by atoms with Gasteiger partial charge in [-0.25, -0.2) is 16.8 Å². The van der Waals surface area contributed by atoms with E-state index < -0.39 is 31.1 Å². The SMILES string of the molecule is C[N+]1(C2CCCCC2)C2CCC1(C#N)CC2.O=S(=O)([N-]S(=O)(=O)C(F)(F)F)C(F)(F)F. The van der Waals surface area contributed by atoms with Gasteiger partial charge in [0.1, 0.15) is 6.07 Å². The molecule has 2 saturated heterocycles. The van der Waals surface area contributed by atoms with E-state index in [9.17, 15) is 48.4 Å². The molecule has 180 valence electrons. The van der Waals surface area contributed by atoms with Crippen LogP contribution in [0.25, 0.3) is 4.13 Å². The topological polar surface area (TPSA) is 106 Å². The molecule has 7 nitrogen and oxygen atoms in total. The van der Waals surface area contributed by atoms with Crippen molar-refractivity contribution in [2.75, 3.05) is 7.05 Å². The maximum atomic E-state index is 11.4. The molecule has 0 aromatic rings. The van der Waals surface area contributed by atoms with Crippen LogP contribution in [0.5, 0.6) is 0 Å². The van der Waals surface area contributed by atoms with E-state index in [1.54, 1.807) is 0 Å². The van der Waals surface area contributed by atoms with Crippen LogP contribution in [-0.4, -0.2) is 57.0 Å². The number of rotatable bonds is 3. The Morgan fingerprint density at radius 2 is 1.23 bits per heavy atom. The van der Waals surface area contributed by atoms with Crippen LogP contribution in [0.15, 0.2) is 0 Å². The summed E-state index contributed by atoms with van der Waals surface area (Å²) in [6, 6.07) is 4.33. The average Bonchev–Trinajstić information content (AvgIpc) is 3.09. The van der Waals surface area contributed by atoms with Gasteiger partial charge >= 0.3 is 11.0 Å². The van der Waals surface area contributed by atoms with Crippen LogP contribution in [0.1, 0.15) is 57.8 Å². The molecule has 2 heterocycles. The molecule has 3 rings (SSSR count). The van der Waals surface area contributed by atoms with Crippen molar-refractivity contribution >= 4 is 20.0 Å². The molecule has 0 aromatic heterocycles. The summed E-state index contributed by atoms with van der Waals surface area (Å²) in [4.78, 5) is 0. The first-order valence-electron chi connectivity index (χ1n) is 9.57. The monoisotopic (exact) mass is 499 g/mol. The molecule has 1 atom stereocenters. The Kier molecular flexibility index (Phi) is 7.04. The molecule has 1 unspecified atom stereocenters. The number of sulfonamides is 2. The van der Waals surface area contributed by atoms with Gasteiger partial charge in [-0.2, -0.15) is 31.6 Å². The Labute approximate surface area is 177 Å². The molecule has 1 aliphatic carbocycles. The van der Waals surface area contributed by atoms with Gasteiger partial charge in [-0.3, -0.25) is 0 Å². The maximum absolute atomic E-state index is 11.4. The summed E-state index contributed by atoms with van der Waals surface area (Å²) in [5, 5.41) is 9.64. The fourth-order valence-corrected chi connectivity index (χ4v) is 6.86. The van der Waals surface area contributed by atoms with E-state index in [-0.39, 0.29) is 5.54 Å². The summed E-state index contributed by atoms with van der Waals surface area (Å²) < 4.78 is 110. The second-order valence-electron chi connectivity index (χ2n) is 8.23. The number of quaternary nitrogens is 1. The summed E-state index contributed by atoms with van der Waals surface area (Å²) in [6.07, 6.45) is 11.9. The van der Waals surface area contributed by atoms with Gasteiger partial charge in [-0.15, -0.1) is 0 Å². The number of hydrogen-bond acceptors (Lipinski definition) is 5. The summed E-state index contributed by atoms with van der Waals surface area (Å²) in [6.45, 7) is 0. The summed E-state index contributed by atoms with van der Waals surface area (Å²) in [5.41, 5.74) is -12.4. The van der Waals surface area contributed by atoms with Gasteiger partial charge in [0.15, 0.2) is 25.6 Å². The minimum absolute atomic E-state index is 0.00662. The van der Waals surface area contributed by atoms with Crippen LogP contribution < -0.4 is 0 Å².